The molecule has 0 saturated heterocycles. The van der Waals surface area contributed by atoms with Crippen molar-refractivity contribution in [2.75, 3.05) is 6.61 Å². The summed E-state index contributed by atoms with van der Waals surface area (Å²) in [4.78, 5) is 0. The van der Waals surface area contributed by atoms with E-state index >= 15 is 0 Å². The van der Waals surface area contributed by atoms with E-state index in [2.05, 4.69) is 21.9 Å². The Balaban J connectivity index is 1.94. The molecule has 7 heteroatoms. The number of benzene rings is 2. The minimum Gasteiger partial charge on any atom is -0.481 e. The molecule has 0 bridgehead atoms. The predicted molar refractivity (Wildman–Crippen MR) is 93.6 cm³/mol. The molecule has 0 radical (unpaired) electrons. The number of hydrogen-bond acceptors (Lipinski definition) is 3. The molecular weight excluding hydrogens is 348 g/mol. The second-order valence-corrected chi connectivity index (χ2v) is 5.57. The van der Waals surface area contributed by atoms with Gasteiger partial charge < -0.3 is 4.74 Å². The van der Waals surface area contributed by atoms with Crippen LogP contribution in [-0.4, -0.2) is 25.2 Å². The van der Waals surface area contributed by atoms with Crippen molar-refractivity contribution in [1.29, 1.82) is 0 Å². The average molecular weight is 366 g/mol. The number of aryl methyl sites for hydroxylation is 1. The van der Waals surface area contributed by atoms with E-state index in [1.807, 2.05) is 24.3 Å². The largest absolute Gasteiger partial charge is 0.481 e. The van der Waals surface area contributed by atoms with Crippen molar-refractivity contribution >= 4 is 12.4 Å². The first-order chi connectivity index (χ1) is 12.4. The lowest BCUT2D eigenvalue weighted by Crippen LogP contribution is -2.19. The molecule has 0 spiro atoms. The highest BCUT2D eigenvalue weighted by Crippen LogP contribution is 2.21. The van der Waals surface area contributed by atoms with Gasteiger partial charge in [-0.3, -0.25) is 0 Å². The van der Waals surface area contributed by atoms with Crippen molar-refractivity contribution in [2.24, 2.45) is 10.2 Å². The highest BCUT2D eigenvalue weighted by atomic mass is 19.4. The first-order valence-corrected chi connectivity index (χ1v) is 8.02. The van der Waals surface area contributed by atoms with Gasteiger partial charge in [-0.15, -0.1) is 0 Å². The lowest BCUT2D eigenvalue weighted by Gasteiger charge is -2.09. The molecule has 0 N–H and O–H groups in total. The van der Waals surface area contributed by atoms with Gasteiger partial charge in [-0.25, -0.2) is 4.39 Å². The van der Waals surface area contributed by atoms with Crippen LogP contribution in [0.3, 0.4) is 0 Å². The zero-order chi connectivity index (χ0) is 19.0. The minimum absolute atomic E-state index is 0.359. The molecule has 0 aliphatic rings. The summed E-state index contributed by atoms with van der Waals surface area (Å²) in [5, 5.41) is 7.68. The van der Waals surface area contributed by atoms with E-state index in [4.69, 9.17) is 0 Å². The van der Waals surface area contributed by atoms with Gasteiger partial charge in [0.25, 0.3) is 0 Å². The molecular formula is C19H18F4N2O. The molecule has 0 unspecified atom stereocenters. The molecule has 0 aliphatic carbocycles. The zero-order valence-electron chi connectivity index (χ0n) is 14.1. The molecule has 26 heavy (non-hydrogen) atoms. The van der Waals surface area contributed by atoms with E-state index in [1.165, 1.54) is 17.8 Å². The Morgan fingerprint density at radius 1 is 0.962 bits per heavy atom. The second-order valence-electron chi connectivity index (χ2n) is 5.57. The van der Waals surface area contributed by atoms with E-state index in [0.717, 1.165) is 30.5 Å². The zero-order valence-corrected chi connectivity index (χ0v) is 14.1. The third-order valence-corrected chi connectivity index (χ3v) is 3.35. The first kappa shape index (κ1) is 19.6. The van der Waals surface area contributed by atoms with Crippen LogP contribution in [-0.2, 0) is 6.42 Å². The van der Waals surface area contributed by atoms with Crippen LogP contribution >= 0.6 is 0 Å². The summed E-state index contributed by atoms with van der Waals surface area (Å²) in [6.45, 7) is 0.570. The summed E-state index contributed by atoms with van der Waals surface area (Å²) in [7, 11) is 0. The molecule has 0 aliphatic heterocycles. The Bertz CT molecular complexity index is 768. The highest BCUT2D eigenvalue weighted by molar-refractivity contribution is 5.82. The summed E-state index contributed by atoms with van der Waals surface area (Å²) in [5.41, 5.74) is 2.48. The fourth-order valence-electron chi connectivity index (χ4n) is 2.13. The third kappa shape index (κ3) is 6.66. The van der Waals surface area contributed by atoms with Gasteiger partial charge >= 0.3 is 6.18 Å². The van der Waals surface area contributed by atoms with Crippen molar-refractivity contribution in [3.63, 3.8) is 0 Å². The summed E-state index contributed by atoms with van der Waals surface area (Å²) < 4.78 is 54.3. The molecule has 0 saturated carbocycles. The predicted octanol–water partition coefficient (Wildman–Crippen LogP) is 5.17. The van der Waals surface area contributed by atoms with E-state index in [-0.39, 0.29) is 0 Å². The van der Waals surface area contributed by atoms with Crippen LogP contribution in [0.1, 0.15) is 30.0 Å². The van der Waals surface area contributed by atoms with E-state index in [0.29, 0.717) is 5.56 Å². The molecule has 2 rings (SSSR count). The standard InChI is InChI=1S/C19H18F4N2O/c1-2-3-14-4-6-15(7-5-14)11-24-25-12-16-8-9-18(17(20)10-16)26-13-19(21,22)23/h4-12H,2-3,13H2,1H3/b24-11+,25-12+. The first-order valence-electron chi connectivity index (χ1n) is 8.02. The lowest BCUT2D eigenvalue weighted by molar-refractivity contribution is -0.153. The second kappa shape index (κ2) is 9.12. The molecule has 2 aromatic rings. The van der Waals surface area contributed by atoms with Gasteiger partial charge in [-0.2, -0.15) is 23.4 Å². The number of ether oxygens (including phenoxy) is 1. The summed E-state index contributed by atoms with van der Waals surface area (Å²) in [6.07, 6.45) is 0.441. The number of hydrogen-bond donors (Lipinski definition) is 0. The van der Waals surface area contributed by atoms with Crippen LogP contribution in [0.4, 0.5) is 17.6 Å². The number of alkyl halides is 3. The van der Waals surface area contributed by atoms with Crippen LogP contribution in [0.2, 0.25) is 0 Å². The van der Waals surface area contributed by atoms with E-state index in [9.17, 15) is 17.6 Å². The Labute approximate surface area is 149 Å². The average Bonchev–Trinajstić information content (AvgIpc) is 2.59. The van der Waals surface area contributed by atoms with Gasteiger partial charge in [0.2, 0.25) is 0 Å². The Hall–Kier alpha value is -2.70. The monoisotopic (exact) mass is 366 g/mol. The van der Waals surface area contributed by atoms with Gasteiger partial charge in [-0.05, 0) is 41.3 Å². The molecule has 2 aromatic carbocycles. The summed E-state index contributed by atoms with van der Waals surface area (Å²) >= 11 is 0. The Morgan fingerprint density at radius 3 is 2.15 bits per heavy atom. The highest BCUT2D eigenvalue weighted by Gasteiger charge is 2.28. The Morgan fingerprint density at radius 2 is 1.58 bits per heavy atom. The van der Waals surface area contributed by atoms with Gasteiger partial charge in [0.15, 0.2) is 18.2 Å². The normalized spacial score (nSPS) is 12.2. The maximum Gasteiger partial charge on any atom is 0.422 e. The Kier molecular flexibility index (Phi) is 6.89. The minimum atomic E-state index is -4.52. The molecule has 0 fully saturated rings. The van der Waals surface area contributed by atoms with Crippen molar-refractivity contribution in [3.8, 4) is 5.75 Å². The molecule has 0 amide bonds. The van der Waals surface area contributed by atoms with E-state index in [1.54, 1.807) is 6.21 Å². The quantitative estimate of drug-likeness (QED) is 0.378. The fraction of sp³-hybridized carbons (Fsp3) is 0.263. The molecule has 0 aromatic heterocycles. The SMILES string of the molecule is CCCc1ccc(/C=N/N=C/c2ccc(OCC(F)(F)F)c(F)c2)cc1. The van der Waals surface area contributed by atoms with Gasteiger partial charge in [0, 0.05) is 0 Å². The smallest absolute Gasteiger partial charge is 0.422 e. The number of rotatable bonds is 7. The van der Waals surface area contributed by atoms with Gasteiger partial charge in [-0.1, -0.05) is 37.6 Å². The lowest BCUT2D eigenvalue weighted by atomic mass is 10.1. The third-order valence-electron chi connectivity index (χ3n) is 3.35. The maximum atomic E-state index is 13.7. The summed E-state index contributed by atoms with van der Waals surface area (Å²) in [5.74, 6) is -1.36. The van der Waals surface area contributed by atoms with Gasteiger partial charge in [0.1, 0.15) is 0 Å². The van der Waals surface area contributed by atoms with Crippen molar-refractivity contribution in [3.05, 3.63) is 65.0 Å². The van der Waals surface area contributed by atoms with Crippen molar-refractivity contribution in [1.82, 2.24) is 0 Å². The number of nitrogens with zero attached hydrogens (tertiary/aromatic N) is 2. The fourth-order valence-corrected chi connectivity index (χ4v) is 2.13. The molecule has 0 atom stereocenters. The van der Waals surface area contributed by atoms with Crippen LogP contribution in [0, 0.1) is 5.82 Å². The van der Waals surface area contributed by atoms with Gasteiger partial charge in [0.05, 0.1) is 12.4 Å². The maximum absolute atomic E-state index is 13.7. The van der Waals surface area contributed by atoms with Crippen LogP contribution in [0.25, 0.3) is 0 Å². The van der Waals surface area contributed by atoms with Crippen molar-refractivity contribution in [2.45, 2.75) is 25.9 Å². The molecule has 138 valence electrons. The summed E-state index contributed by atoms with van der Waals surface area (Å²) in [6, 6.07) is 11.4. The molecule has 0 heterocycles. The van der Waals surface area contributed by atoms with Crippen LogP contribution < -0.4 is 4.74 Å². The number of halogens is 4. The van der Waals surface area contributed by atoms with Crippen LogP contribution in [0.15, 0.2) is 52.7 Å². The van der Waals surface area contributed by atoms with Crippen LogP contribution in [0.5, 0.6) is 5.75 Å². The molecule has 3 nitrogen and oxygen atoms in total. The topological polar surface area (TPSA) is 34.0 Å². The van der Waals surface area contributed by atoms with Crippen molar-refractivity contribution < 1.29 is 22.3 Å². The van der Waals surface area contributed by atoms with E-state index < -0.39 is 24.3 Å².